The standard InChI is InChI=1S/C20H25FN4O2S/c1-13-16(14(2)23-20(22-13)28-3)5-7-19(26)24-15-4-6-18(17(21)12-15)25-8-10-27-11-9-25/h4,6,12H,5,7-11H2,1-3H3,(H,24,26). The first-order valence-electron chi connectivity index (χ1n) is 9.28. The lowest BCUT2D eigenvalue weighted by molar-refractivity contribution is -0.116. The summed E-state index contributed by atoms with van der Waals surface area (Å²) in [6.45, 7) is 6.39. The molecule has 1 aliphatic heterocycles. The zero-order chi connectivity index (χ0) is 20.1. The number of rotatable bonds is 6. The number of amides is 1. The Morgan fingerprint density at radius 2 is 1.93 bits per heavy atom. The predicted octanol–water partition coefficient (Wildman–Crippen LogP) is 3.36. The Labute approximate surface area is 168 Å². The van der Waals surface area contributed by atoms with Gasteiger partial charge < -0.3 is 15.0 Å². The first kappa shape index (κ1) is 20.5. The highest BCUT2D eigenvalue weighted by Crippen LogP contribution is 2.24. The van der Waals surface area contributed by atoms with Crippen LogP contribution in [-0.2, 0) is 16.0 Å². The lowest BCUT2D eigenvalue weighted by atomic mass is 10.1. The quantitative estimate of drug-likeness (QED) is 0.588. The van der Waals surface area contributed by atoms with Crippen molar-refractivity contribution in [1.82, 2.24) is 9.97 Å². The molecule has 1 N–H and O–H groups in total. The molecule has 28 heavy (non-hydrogen) atoms. The molecule has 150 valence electrons. The molecule has 0 unspecified atom stereocenters. The van der Waals surface area contributed by atoms with E-state index in [9.17, 15) is 9.18 Å². The van der Waals surface area contributed by atoms with Crippen LogP contribution in [0.3, 0.4) is 0 Å². The number of aryl methyl sites for hydroxylation is 2. The molecule has 2 heterocycles. The van der Waals surface area contributed by atoms with Crippen LogP contribution < -0.4 is 10.2 Å². The monoisotopic (exact) mass is 404 g/mol. The van der Waals surface area contributed by atoms with E-state index in [-0.39, 0.29) is 18.1 Å². The van der Waals surface area contributed by atoms with Gasteiger partial charge in [-0.15, -0.1) is 0 Å². The maximum atomic E-state index is 14.5. The number of morpholine rings is 1. The number of halogens is 1. The van der Waals surface area contributed by atoms with E-state index in [1.807, 2.05) is 25.0 Å². The second kappa shape index (κ2) is 9.34. The van der Waals surface area contributed by atoms with E-state index in [0.717, 1.165) is 22.1 Å². The van der Waals surface area contributed by atoms with Crippen LogP contribution in [0.25, 0.3) is 0 Å². The minimum Gasteiger partial charge on any atom is -0.378 e. The lowest BCUT2D eigenvalue weighted by Gasteiger charge is -2.29. The van der Waals surface area contributed by atoms with Crippen LogP contribution in [-0.4, -0.2) is 48.4 Å². The number of ether oxygens (including phenoxy) is 1. The van der Waals surface area contributed by atoms with E-state index in [1.165, 1.54) is 17.8 Å². The minimum atomic E-state index is -0.340. The first-order chi connectivity index (χ1) is 13.5. The number of aromatic nitrogens is 2. The Morgan fingerprint density at radius 1 is 1.25 bits per heavy atom. The molecule has 0 aliphatic carbocycles. The number of thioether (sulfide) groups is 1. The zero-order valence-corrected chi connectivity index (χ0v) is 17.2. The van der Waals surface area contributed by atoms with Crippen molar-refractivity contribution in [3.05, 3.63) is 41.0 Å². The fourth-order valence-corrected chi connectivity index (χ4v) is 3.73. The van der Waals surface area contributed by atoms with E-state index in [2.05, 4.69) is 15.3 Å². The van der Waals surface area contributed by atoms with Gasteiger partial charge in [0.15, 0.2) is 5.16 Å². The van der Waals surface area contributed by atoms with Crippen LogP contribution in [0.2, 0.25) is 0 Å². The third-order valence-electron chi connectivity index (χ3n) is 4.77. The molecule has 1 saturated heterocycles. The number of nitrogens with zero attached hydrogens (tertiary/aromatic N) is 3. The highest BCUT2D eigenvalue weighted by Gasteiger charge is 2.16. The number of nitrogens with one attached hydrogen (secondary N) is 1. The molecule has 1 aliphatic rings. The van der Waals surface area contributed by atoms with E-state index < -0.39 is 0 Å². The predicted molar refractivity (Wildman–Crippen MR) is 110 cm³/mol. The van der Waals surface area contributed by atoms with Gasteiger partial charge in [0.05, 0.1) is 18.9 Å². The number of carbonyl (C=O) groups is 1. The molecule has 1 aromatic carbocycles. The zero-order valence-electron chi connectivity index (χ0n) is 16.4. The van der Waals surface area contributed by atoms with E-state index in [0.29, 0.717) is 44.1 Å². The number of anilines is 2. The Kier molecular flexibility index (Phi) is 6.85. The summed E-state index contributed by atoms with van der Waals surface area (Å²) in [7, 11) is 0. The van der Waals surface area contributed by atoms with Crippen LogP contribution >= 0.6 is 11.8 Å². The maximum Gasteiger partial charge on any atom is 0.224 e. The van der Waals surface area contributed by atoms with Crippen molar-refractivity contribution in [2.45, 2.75) is 31.8 Å². The smallest absolute Gasteiger partial charge is 0.224 e. The van der Waals surface area contributed by atoms with E-state index in [4.69, 9.17) is 4.74 Å². The molecular weight excluding hydrogens is 379 g/mol. The molecule has 3 rings (SSSR count). The van der Waals surface area contributed by atoms with Crippen molar-refractivity contribution in [2.24, 2.45) is 0 Å². The first-order valence-corrected chi connectivity index (χ1v) is 10.5. The summed E-state index contributed by atoms with van der Waals surface area (Å²) >= 11 is 1.50. The summed E-state index contributed by atoms with van der Waals surface area (Å²) in [5.41, 5.74) is 3.78. The van der Waals surface area contributed by atoms with Gasteiger partial charge >= 0.3 is 0 Å². The summed E-state index contributed by atoms with van der Waals surface area (Å²) in [6.07, 6.45) is 2.77. The second-order valence-electron chi connectivity index (χ2n) is 6.67. The summed E-state index contributed by atoms with van der Waals surface area (Å²) in [6, 6.07) is 4.81. The molecule has 2 aromatic rings. The Morgan fingerprint density at radius 3 is 2.54 bits per heavy atom. The van der Waals surface area contributed by atoms with Gasteiger partial charge in [-0.3, -0.25) is 4.79 Å². The van der Waals surface area contributed by atoms with Gasteiger partial charge in [-0.1, -0.05) is 11.8 Å². The van der Waals surface area contributed by atoms with Crippen LogP contribution in [0.1, 0.15) is 23.4 Å². The molecule has 0 radical (unpaired) electrons. The molecule has 0 spiro atoms. The van der Waals surface area contributed by atoms with Crippen LogP contribution in [0.4, 0.5) is 15.8 Å². The lowest BCUT2D eigenvalue weighted by Crippen LogP contribution is -2.36. The number of hydrogen-bond donors (Lipinski definition) is 1. The van der Waals surface area contributed by atoms with Gasteiger partial charge in [0.2, 0.25) is 5.91 Å². The third-order valence-corrected chi connectivity index (χ3v) is 5.32. The number of benzene rings is 1. The van der Waals surface area contributed by atoms with Gasteiger partial charge in [-0.2, -0.15) is 0 Å². The Balaban J connectivity index is 1.60. The van der Waals surface area contributed by atoms with Gasteiger partial charge in [0.25, 0.3) is 0 Å². The van der Waals surface area contributed by atoms with E-state index >= 15 is 0 Å². The molecule has 1 aromatic heterocycles. The summed E-state index contributed by atoms with van der Waals surface area (Å²) in [5.74, 6) is -0.501. The molecular formula is C20H25FN4O2S. The SMILES string of the molecule is CSc1nc(C)c(CCC(=O)Nc2ccc(N3CCOCC3)c(F)c2)c(C)n1. The molecule has 0 atom stereocenters. The van der Waals surface area contributed by atoms with Crippen molar-refractivity contribution in [3.8, 4) is 0 Å². The van der Waals surface area contributed by atoms with Crippen molar-refractivity contribution in [1.29, 1.82) is 0 Å². The third kappa shape index (κ3) is 4.99. The van der Waals surface area contributed by atoms with Gasteiger partial charge in [0.1, 0.15) is 5.82 Å². The van der Waals surface area contributed by atoms with E-state index in [1.54, 1.807) is 12.1 Å². The highest BCUT2D eigenvalue weighted by molar-refractivity contribution is 7.98. The summed E-state index contributed by atoms with van der Waals surface area (Å²) in [4.78, 5) is 23.2. The minimum absolute atomic E-state index is 0.161. The average molecular weight is 405 g/mol. The Hall–Kier alpha value is -2.19. The average Bonchev–Trinajstić information content (AvgIpc) is 2.68. The largest absolute Gasteiger partial charge is 0.378 e. The fraction of sp³-hybridized carbons (Fsp3) is 0.450. The highest BCUT2D eigenvalue weighted by atomic mass is 32.2. The summed E-state index contributed by atoms with van der Waals surface area (Å²) in [5, 5.41) is 3.51. The van der Waals surface area contributed by atoms with Crippen molar-refractivity contribution in [2.75, 3.05) is 42.8 Å². The van der Waals surface area contributed by atoms with Crippen LogP contribution in [0.15, 0.2) is 23.4 Å². The van der Waals surface area contributed by atoms with Crippen molar-refractivity contribution >= 4 is 29.0 Å². The fourth-order valence-electron chi connectivity index (χ4n) is 3.27. The molecule has 0 bridgehead atoms. The van der Waals surface area contributed by atoms with Crippen LogP contribution in [0.5, 0.6) is 0 Å². The number of carbonyl (C=O) groups excluding carboxylic acids is 1. The molecule has 0 saturated carbocycles. The molecule has 6 nitrogen and oxygen atoms in total. The normalized spacial score (nSPS) is 14.2. The molecule has 8 heteroatoms. The summed E-state index contributed by atoms with van der Waals surface area (Å²) < 4.78 is 19.8. The van der Waals surface area contributed by atoms with Gasteiger partial charge in [-0.05, 0) is 50.3 Å². The topological polar surface area (TPSA) is 67.4 Å². The van der Waals surface area contributed by atoms with Gasteiger partial charge in [0, 0.05) is 36.6 Å². The molecule has 1 fully saturated rings. The maximum absolute atomic E-state index is 14.5. The Bertz CT molecular complexity index is 833. The van der Waals surface area contributed by atoms with Crippen molar-refractivity contribution < 1.29 is 13.9 Å². The van der Waals surface area contributed by atoms with Crippen molar-refractivity contribution in [3.63, 3.8) is 0 Å². The number of hydrogen-bond acceptors (Lipinski definition) is 6. The second-order valence-corrected chi connectivity index (χ2v) is 7.45. The molecule has 1 amide bonds. The van der Waals surface area contributed by atoms with Gasteiger partial charge in [-0.25, -0.2) is 14.4 Å². The van der Waals surface area contributed by atoms with Crippen LogP contribution in [0, 0.1) is 19.7 Å².